The molecule has 2 rings (SSSR count). The second-order valence-electron chi connectivity index (χ2n) is 6.66. The number of aryl methyl sites for hydroxylation is 2. The van der Waals surface area contributed by atoms with E-state index in [4.69, 9.17) is 11.6 Å². The summed E-state index contributed by atoms with van der Waals surface area (Å²) in [6.45, 7) is 7.56. The minimum Gasteiger partial charge on any atom is -0.347 e. The number of thioether (sulfide) groups is 1. The lowest BCUT2D eigenvalue weighted by atomic mass is 9.93. The number of nitrogens with zero attached hydrogens (tertiary/aromatic N) is 2. The third kappa shape index (κ3) is 4.95. The average Bonchev–Trinajstić information content (AvgIpc) is 2.52. The molecule has 0 aliphatic carbocycles. The molecule has 0 fully saturated rings. The number of hydrogen-bond donors (Lipinski definition) is 1. The first kappa shape index (κ1) is 20.6. The van der Waals surface area contributed by atoms with E-state index in [1.807, 2.05) is 34.0 Å². The van der Waals surface area contributed by atoms with E-state index in [-0.39, 0.29) is 5.91 Å². The molecule has 0 saturated carbocycles. The summed E-state index contributed by atoms with van der Waals surface area (Å²) in [5.41, 5.74) is 2.76. The molecule has 26 heavy (non-hydrogen) atoms. The molecule has 7 heteroatoms. The number of rotatable bonds is 6. The number of benzene rings is 1. The first-order chi connectivity index (χ1) is 12.1. The molecule has 0 atom stereocenters. The molecule has 2 aromatic rings. The van der Waals surface area contributed by atoms with Gasteiger partial charge >= 0.3 is 0 Å². The van der Waals surface area contributed by atoms with Gasteiger partial charge in [-0.3, -0.25) is 4.79 Å². The van der Waals surface area contributed by atoms with Gasteiger partial charge < -0.3 is 5.32 Å². The van der Waals surface area contributed by atoms with Gasteiger partial charge in [-0.1, -0.05) is 29.4 Å². The molecule has 0 aliphatic heterocycles. The van der Waals surface area contributed by atoms with Crippen LogP contribution in [0.15, 0.2) is 23.4 Å². The Morgan fingerprint density at radius 2 is 1.88 bits per heavy atom. The van der Waals surface area contributed by atoms with Crippen molar-refractivity contribution < 1.29 is 9.18 Å². The maximum absolute atomic E-state index is 13.3. The van der Waals surface area contributed by atoms with E-state index in [9.17, 15) is 9.18 Å². The van der Waals surface area contributed by atoms with E-state index in [1.165, 1.54) is 23.9 Å². The van der Waals surface area contributed by atoms with Crippen LogP contribution >= 0.6 is 23.4 Å². The van der Waals surface area contributed by atoms with Crippen molar-refractivity contribution in [1.29, 1.82) is 0 Å². The summed E-state index contributed by atoms with van der Waals surface area (Å²) in [4.78, 5) is 21.3. The number of aromatic nitrogens is 2. The standard InChI is InChI=1S/C19H23ClFN3OS/c1-11-14(12(2)23-18(22-11)26-5)7-9-17(25)24-19(3,4)15-8-6-13(21)10-16(15)20/h6,8,10H,7,9H2,1-5H3,(H,24,25). The van der Waals surface area contributed by atoms with Crippen LogP contribution in [0, 0.1) is 19.7 Å². The SMILES string of the molecule is CSc1nc(C)c(CCC(=O)NC(C)(C)c2ccc(F)cc2Cl)c(C)n1. The Bertz CT molecular complexity index is 803. The van der Waals surface area contributed by atoms with Gasteiger partial charge in [-0.05, 0) is 63.6 Å². The summed E-state index contributed by atoms with van der Waals surface area (Å²) in [5.74, 6) is -0.511. The molecular formula is C19H23ClFN3OS. The molecule has 0 spiro atoms. The van der Waals surface area contributed by atoms with Crippen LogP contribution in [-0.2, 0) is 16.8 Å². The van der Waals surface area contributed by atoms with Crippen molar-refractivity contribution >= 4 is 29.3 Å². The zero-order valence-electron chi connectivity index (χ0n) is 15.6. The average molecular weight is 396 g/mol. The Labute approximate surface area is 163 Å². The van der Waals surface area contributed by atoms with E-state index in [1.54, 1.807) is 6.07 Å². The molecule has 140 valence electrons. The second-order valence-corrected chi connectivity index (χ2v) is 7.84. The van der Waals surface area contributed by atoms with Gasteiger partial charge in [0.15, 0.2) is 5.16 Å². The van der Waals surface area contributed by atoms with Crippen LogP contribution in [0.4, 0.5) is 4.39 Å². The van der Waals surface area contributed by atoms with Crippen molar-refractivity contribution in [3.63, 3.8) is 0 Å². The number of halogens is 2. The van der Waals surface area contributed by atoms with Crippen molar-refractivity contribution in [2.24, 2.45) is 0 Å². The van der Waals surface area contributed by atoms with Crippen molar-refractivity contribution in [2.45, 2.75) is 51.2 Å². The van der Waals surface area contributed by atoms with E-state index in [0.717, 1.165) is 22.1 Å². The summed E-state index contributed by atoms with van der Waals surface area (Å²) in [6, 6.07) is 4.19. The van der Waals surface area contributed by atoms with Crippen molar-refractivity contribution in [1.82, 2.24) is 15.3 Å². The summed E-state index contributed by atoms with van der Waals surface area (Å²) in [5, 5.41) is 4.00. The van der Waals surface area contributed by atoms with E-state index in [0.29, 0.717) is 23.4 Å². The molecule has 1 aromatic carbocycles. The Morgan fingerprint density at radius 1 is 1.27 bits per heavy atom. The van der Waals surface area contributed by atoms with Crippen LogP contribution in [0.25, 0.3) is 0 Å². The Morgan fingerprint density at radius 3 is 2.42 bits per heavy atom. The number of carbonyl (C=O) groups excluding carboxylic acids is 1. The van der Waals surface area contributed by atoms with Gasteiger partial charge in [0.25, 0.3) is 0 Å². The number of carbonyl (C=O) groups is 1. The Hall–Kier alpha value is -1.66. The highest BCUT2D eigenvalue weighted by Gasteiger charge is 2.25. The molecular weight excluding hydrogens is 373 g/mol. The molecule has 1 aromatic heterocycles. The quantitative estimate of drug-likeness (QED) is 0.574. The van der Waals surface area contributed by atoms with Gasteiger partial charge in [0.1, 0.15) is 5.82 Å². The van der Waals surface area contributed by atoms with Gasteiger partial charge in [-0.15, -0.1) is 0 Å². The maximum Gasteiger partial charge on any atom is 0.221 e. The number of nitrogens with one attached hydrogen (secondary N) is 1. The monoisotopic (exact) mass is 395 g/mol. The van der Waals surface area contributed by atoms with Crippen LogP contribution in [-0.4, -0.2) is 22.1 Å². The van der Waals surface area contributed by atoms with Crippen molar-refractivity contribution in [2.75, 3.05) is 6.26 Å². The zero-order valence-corrected chi connectivity index (χ0v) is 17.2. The van der Waals surface area contributed by atoms with Gasteiger partial charge in [0.2, 0.25) is 5.91 Å². The lowest BCUT2D eigenvalue weighted by molar-refractivity contribution is -0.122. The molecule has 0 aliphatic rings. The molecule has 4 nitrogen and oxygen atoms in total. The summed E-state index contributed by atoms with van der Waals surface area (Å²) in [7, 11) is 0. The largest absolute Gasteiger partial charge is 0.347 e. The summed E-state index contributed by atoms with van der Waals surface area (Å²) < 4.78 is 13.3. The fourth-order valence-electron chi connectivity index (χ4n) is 2.88. The minimum absolute atomic E-state index is 0.108. The summed E-state index contributed by atoms with van der Waals surface area (Å²) >= 11 is 7.63. The Kier molecular flexibility index (Phi) is 6.64. The van der Waals surface area contributed by atoms with Gasteiger partial charge in [0.05, 0.1) is 5.54 Å². The highest BCUT2D eigenvalue weighted by molar-refractivity contribution is 7.98. The van der Waals surface area contributed by atoms with Crippen LogP contribution in [0.5, 0.6) is 0 Å². The maximum atomic E-state index is 13.3. The van der Waals surface area contributed by atoms with E-state index >= 15 is 0 Å². The highest BCUT2D eigenvalue weighted by Crippen LogP contribution is 2.28. The fraction of sp³-hybridized carbons (Fsp3) is 0.421. The van der Waals surface area contributed by atoms with Gasteiger partial charge in [-0.2, -0.15) is 0 Å². The predicted octanol–water partition coefficient (Wildman–Crippen LogP) is 4.59. The fourth-order valence-corrected chi connectivity index (χ4v) is 3.73. The third-order valence-electron chi connectivity index (χ3n) is 4.24. The van der Waals surface area contributed by atoms with E-state index < -0.39 is 11.4 Å². The zero-order chi connectivity index (χ0) is 19.5. The second kappa shape index (κ2) is 8.35. The van der Waals surface area contributed by atoms with Crippen LogP contribution in [0.2, 0.25) is 5.02 Å². The summed E-state index contributed by atoms with van der Waals surface area (Å²) in [6.07, 6.45) is 2.81. The first-order valence-electron chi connectivity index (χ1n) is 8.28. The molecule has 0 saturated heterocycles. The van der Waals surface area contributed by atoms with Crippen LogP contribution < -0.4 is 5.32 Å². The normalized spacial score (nSPS) is 11.5. The van der Waals surface area contributed by atoms with Crippen LogP contribution in [0.3, 0.4) is 0 Å². The molecule has 0 unspecified atom stereocenters. The lowest BCUT2D eigenvalue weighted by Gasteiger charge is -2.28. The van der Waals surface area contributed by atoms with Crippen molar-refractivity contribution in [3.8, 4) is 0 Å². The molecule has 1 amide bonds. The molecule has 1 N–H and O–H groups in total. The van der Waals surface area contributed by atoms with Gasteiger partial charge in [0, 0.05) is 22.8 Å². The van der Waals surface area contributed by atoms with Gasteiger partial charge in [-0.25, -0.2) is 14.4 Å². The van der Waals surface area contributed by atoms with Crippen molar-refractivity contribution in [3.05, 3.63) is 51.6 Å². The van der Waals surface area contributed by atoms with Crippen LogP contribution in [0.1, 0.15) is 42.8 Å². The number of amides is 1. The topological polar surface area (TPSA) is 54.9 Å². The third-order valence-corrected chi connectivity index (χ3v) is 5.10. The Balaban J connectivity index is 2.07. The lowest BCUT2D eigenvalue weighted by Crippen LogP contribution is -2.41. The first-order valence-corrected chi connectivity index (χ1v) is 9.89. The molecule has 0 radical (unpaired) electrons. The highest BCUT2D eigenvalue weighted by atomic mass is 35.5. The molecule has 0 bridgehead atoms. The number of hydrogen-bond acceptors (Lipinski definition) is 4. The minimum atomic E-state index is -0.703. The van der Waals surface area contributed by atoms with E-state index in [2.05, 4.69) is 15.3 Å². The predicted molar refractivity (Wildman–Crippen MR) is 104 cm³/mol. The smallest absolute Gasteiger partial charge is 0.221 e. The molecule has 1 heterocycles.